The first-order chi connectivity index (χ1) is 12.5. The van der Waals surface area contributed by atoms with E-state index < -0.39 is 0 Å². The van der Waals surface area contributed by atoms with Crippen molar-refractivity contribution < 1.29 is 14.3 Å². The number of hydrogen-bond acceptors (Lipinski definition) is 4. The number of benzene rings is 2. The Hall–Kier alpha value is -2.47. The lowest BCUT2D eigenvalue weighted by molar-refractivity contribution is -0.127. The van der Waals surface area contributed by atoms with Gasteiger partial charge in [-0.3, -0.25) is 20.4 Å². The highest BCUT2D eigenvalue weighted by molar-refractivity contribution is 8.00. The molecule has 0 unspecified atom stereocenters. The van der Waals surface area contributed by atoms with Gasteiger partial charge in [0.25, 0.3) is 0 Å². The SMILES string of the molecule is Cc1ccc(SCC(=O)NNC(=O)CCCOc2cccc(C)c2)cc1. The lowest BCUT2D eigenvalue weighted by Gasteiger charge is -2.09. The molecule has 2 amide bonds. The number of carbonyl (C=O) groups is 2. The summed E-state index contributed by atoms with van der Waals surface area (Å²) >= 11 is 1.43. The zero-order valence-corrected chi connectivity index (χ0v) is 15.9. The Kier molecular flexibility index (Phi) is 8.02. The second-order valence-corrected chi connectivity index (χ2v) is 7.02. The van der Waals surface area contributed by atoms with E-state index in [0.29, 0.717) is 13.0 Å². The van der Waals surface area contributed by atoms with Gasteiger partial charge in [0.2, 0.25) is 11.8 Å². The van der Waals surface area contributed by atoms with Crippen LogP contribution in [-0.4, -0.2) is 24.2 Å². The number of carbonyl (C=O) groups excluding carboxylic acids is 2. The van der Waals surface area contributed by atoms with Gasteiger partial charge in [0.1, 0.15) is 5.75 Å². The molecule has 5 nitrogen and oxygen atoms in total. The summed E-state index contributed by atoms with van der Waals surface area (Å²) in [4.78, 5) is 24.5. The lowest BCUT2D eigenvalue weighted by Crippen LogP contribution is -2.42. The van der Waals surface area contributed by atoms with Gasteiger partial charge in [-0.15, -0.1) is 11.8 Å². The number of rotatable bonds is 8. The van der Waals surface area contributed by atoms with E-state index >= 15 is 0 Å². The number of hydrazine groups is 1. The van der Waals surface area contributed by atoms with E-state index in [1.165, 1.54) is 17.3 Å². The van der Waals surface area contributed by atoms with Gasteiger partial charge < -0.3 is 4.74 Å². The molecule has 2 N–H and O–H groups in total. The molecule has 0 aliphatic carbocycles. The van der Waals surface area contributed by atoms with Crippen molar-refractivity contribution >= 4 is 23.6 Å². The molecule has 26 heavy (non-hydrogen) atoms. The topological polar surface area (TPSA) is 67.4 Å². The summed E-state index contributed by atoms with van der Waals surface area (Å²) in [5.41, 5.74) is 7.17. The number of nitrogens with one attached hydrogen (secondary N) is 2. The first-order valence-electron chi connectivity index (χ1n) is 8.49. The summed E-state index contributed by atoms with van der Waals surface area (Å²) in [5.74, 6) is 0.582. The van der Waals surface area contributed by atoms with Crippen LogP contribution in [0.4, 0.5) is 0 Å². The predicted molar refractivity (Wildman–Crippen MR) is 104 cm³/mol. The highest BCUT2D eigenvalue weighted by Gasteiger charge is 2.06. The van der Waals surface area contributed by atoms with Crippen LogP contribution in [0.15, 0.2) is 53.4 Å². The van der Waals surface area contributed by atoms with Gasteiger partial charge in [0.15, 0.2) is 0 Å². The van der Waals surface area contributed by atoms with Gasteiger partial charge in [-0.2, -0.15) is 0 Å². The maximum atomic E-state index is 11.8. The standard InChI is InChI=1S/C20H24N2O3S/c1-15-8-10-18(11-9-15)26-14-20(24)22-21-19(23)7-4-12-25-17-6-3-5-16(2)13-17/h3,5-6,8-11,13H,4,7,12,14H2,1-2H3,(H,21,23)(H,22,24). The van der Waals surface area contributed by atoms with Crippen LogP contribution >= 0.6 is 11.8 Å². The van der Waals surface area contributed by atoms with Gasteiger partial charge in [-0.05, 0) is 50.1 Å². The summed E-state index contributed by atoms with van der Waals surface area (Å²) < 4.78 is 5.59. The fourth-order valence-electron chi connectivity index (χ4n) is 2.15. The number of aryl methyl sites for hydroxylation is 2. The van der Waals surface area contributed by atoms with E-state index in [2.05, 4.69) is 10.9 Å². The predicted octanol–water partition coefficient (Wildman–Crippen LogP) is 3.40. The van der Waals surface area contributed by atoms with E-state index in [0.717, 1.165) is 16.2 Å². The van der Waals surface area contributed by atoms with Crippen LogP contribution in [0.3, 0.4) is 0 Å². The maximum Gasteiger partial charge on any atom is 0.248 e. The van der Waals surface area contributed by atoms with Crippen LogP contribution in [0, 0.1) is 13.8 Å². The minimum Gasteiger partial charge on any atom is -0.494 e. The Morgan fingerprint density at radius 1 is 0.962 bits per heavy atom. The number of amides is 2. The van der Waals surface area contributed by atoms with E-state index in [1.54, 1.807) is 0 Å². The van der Waals surface area contributed by atoms with Crippen LogP contribution in [0.2, 0.25) is 0 Å². The van der Waals surface area contributed by atoms with Crippen molar-refractivity contribution in [2.75, 3.05) is 12.4 Å². The fourth-order valence-corrected chi connectivity index (χ4v) is 2.85. The van der Waals surface area contributed by atoms with E-state index in [9.17, 15) is 9.59 Å². The Bertz CT molecular complexity index is 732. The number of thioether (sulfide) groups is 1. The molecule has 2 aromatic rings. The molecular formula is C20H24N2O3S. The second kappa shape index (κ2) is 10.5. The fraction of sp³-hybridized carbons (Fsp3) is 0.300. The Labute approximate surface area is 158 Å². The molecule has 0 saturated heterocycles. The minimum atomic E-state index is -0.236. The Morgan fingerprint density at radius 2 is 1.69 bits per heavy atom. The van der Waals surface area contributed by atoms with Crippen molar-refractivity contribution in [2.24, 2.45) is 0 Å². The Morgan fingerprint density at radius 3 is 2.42 bits per heavy atom. The first-order valence-corrected chi connectivity index (χ1v) is 9.48. The molecule has 138 valence electrons. The second-order valence-electron chi connectivity index (χ2n) is 5.97. The summed E-state index contributed by atoms with van der Waals surface area (Å²) in [6, 6.07) is 15.7. The van der Waals surface area contributed by atoms with Crippen LogP contribution in [0.25, 0.3) is 0 Å². The van der Waals surface area contributed by atoms with E-state index in [4.69, 9.17) is 4.74 Å². The molecule has 0 aliphatic rings. The molecule has 2 aromatic carbocycles. The zero-order chi connectivity index (χ0) is 18.8. The molecule has 0 aliphatic heterocycles. The molecule has 0 heterocycles. The average molecular weight is 372 g/mol. The van der Waals surface area contributed by atoms with Crippen LogP contribution in [-0.2, 0) is 9.59 Å². The van der Waals surface area contributed by atoms with Crippen molar-refractivity contribution in [3.63, 3.8) is 0 Å². The van der Waals surface area contributed by atoms with Gasteiger partial charge >= 0.3 is 0 Å². The highest BCUT2D eigenvalue weighted by atomic mass is 32.2. The average Bonchev–Trinajstić information content (AvgIpc) is 2.63. The minimum absolute atomic E-state index is 0.230. The largest absolute Gasteiger partial charge is 0.494 e. The van der Waals surface area contributed by atoms with Gasteiger partial charge in [0.05, 0.1) is 12.4 Å². The van der Waals surface area contributed by atoms with Crippen molar-refractivity contribution in [2.45, 2.75) is 31.6 Å². The monoisotopic (exact) mass is 372 g/mol. The lowest BCUT2D eigenvalue weighted by atomic mass is 10.2. The third-order valence-electron chi connectivity index (χ3n) is 3.54. The third-order valence-corrected chi connectivity index (χ3v) is 4.55. The molecule has 0 atom stereocenters. The van der Waals surface area contributed by atoms with Crippen molar-refractivity contribution in [1.82, 2.24) is 10.9 Å². The zero-order valence-electron chi connectivity index (χ0n) is 15.1. The molecule has 0 aromatic heterocycles. The molecule has 0 bridgehead atoms. The van der Waals surface area contributed by atoms with Crippen LogP contribution < -0.4 is 15.6 Å². The van der Waals surface area contributed by atoms with Gasteiger partial charge in [-0.25, -0.2) is 0 Å². The van der Waals surface area contributed by atoms with Gasteiger partial charge in [-0.1, -0.05) is 29.8 Å². The molecule has 6 heteroatoms. The quantitative estimate of drug-likeness (QED) is 0.423. The Balaban J connectivity index is 1.56. The van der Waals surface area contributed by atoms with Crippen molar-refractivity contribution in [3.05, 3.63) is 59.7 Å². The molecule has 0 radical (unpaired) electrons. The third kappa shape index (κ3) is 7.61. The maximum absolute atomic E-state index is 11.8. The molecule has 0 spiro atoms. The summed E-state index contributed by atoms with van der Waals surface area (Å²) in [6.07, 6.45) is 0.866. The molecular weight excluding hydrogens is 348 g/mol. The molecule has 0 fully saturated rings. The summed E-state index contributed by atoms with van der Waals surface area (Å²) in [7, 11) is 0. The van der Waals surface area contributed by atoms with Crippen LogP contribution in [0.5, 0.6) is 5.75 Å². The number of hydrogen-bond donors (Lipinski definition) is 2. The summed E-state index contributed by atoms with van der Waals surface area (Å²) in [6.45, 7) is 4.47. The van der Waals surface area contributed by atoms with E-state index in [1.807, 2.05) is 62.4 Å². The smallest absolute Gasteiger partial charge is 0.248 e. The van der Waals surface area contributed by atoms with Gasteiger partial charge in [0, 0.05) is 11.3 Å². The normalized spacial score (nSPS) is 10.2. The molecule has 0 saturated carbocycles. The van der Waals surface area contributed by atoms with Crippen molar-refractivity contribution in [3.8, 4) is 5.75 Å². The number of ether oxygens (including phenoxy) is 1. The highest BCUT2D eigenvalue weighted by Crippen LogP contribution is 2.17. The van der Waals surface area contributed by atoms with E-state index in [-0.39, 0.29) is 24.0 Å². The first kappa shape index (κ1) is 19.8. The van der Waals surface area contributed by atoms with Crippen molar-refractivity contribution in [1.29, 1.82) is 0 Å². The summed E-state index contributed by atoms with van der Waals surface area (Å²) in [5, 5.41) is 0. The van der Waals surface area contributed by atoms with Crippen LogP contribution in [0.1, 0.15) is 24.0 Å². The molecule has 2 rings (SSSR count).